The fourth-order valence-electron chi connectivity index (χ4n) is 2.59. The normalized spacial score (nSPS) is 10.8. The average Bonchev–Trinajstić information content (AvgIpc) is 3.07. The number of aromatic nitrogens is 1. The number of benzene rings is 2. The van der Waals surface area contributed by atoms with Crippen LogP contribution in [0, 0.1) is 5.82 Å². The molecule has 0 saturated heterocycles. The van der Waals surface area contributed by atoms with Crippen LogP contribution in [0.5, 0.6) is 5.75 Å². The second kappa shape index (κ2) is 8.50. The maximum atomic E-state index is 13.9. The third-order valence-electron chi connectivity index (χ3n) is 3.87. The Morgan fingerprint density at radius 2 is 1.93 bits per heavy atom. The first-order valence-electron chi connectivity index (χ1n) is 8.38. The van der Waals surface area contributed by atoms with Crippen LogP contribution in [0.4, 0.5) is 4.39 Å². The number of carboxylic acid groups (broad SMARTS) is 1. The van der Waals surface area contributed by atoms with Gasteiger partial charge in [0.05, 0.1) is 23.7 Å². The van der Waals surface area contributed by atoms with Crippen molar-refractivity contribution >= 4 is 28.9 Å². The predicted octanol–water partition coefficient (Wildman–Crippen LogP) is 5.69. The van der Waals surface area contributed by atoms with E-state index in [2.05, 4.69) is 4.98 Å². The van der Waals surface area contributed by atoms with Gasteiger partial charge in [-0.1, -0.05) is 17.7 Å². The summed E-state index contributed by atoms with van der Waals surface area (Å²) < 4.78 is 19.3. The van der Waals surface area contributed by atoms with E-state index in [1.807, 2.05) is 31.2 Å². The Morgan fingerprint density at radius 3 is 2.56 bits per heavy atom. The van der Waals surface area contributed by atoms with Crippen LogP contribution in [0.25, 0.3) is 21.8 Å². The van der Waals surface area contributed by atoms with Gasteiger partial charge in [-0.25, -0.2) is 9.37 Å². The fraction of sp³-hybridized carbons (Fsp3) is 0.200. The van der Waals surface area contributed by atoms with Crippen molar-refractivity contribution in [2.24, 2.45) is 0 Å². The molecule has 3 aromatic rings. The van der Waals surface area contributed by atoms with Crippen LogP contribution in [-0.4, -0.2) is 22.7 Å². The predicted molar refractivity (Wildman–Crippen MR) is 105 cm³/mol. The number of aliphatic carboxylic acids is 1. The number of carbonyl (C=O) groups is 1. The molecular formula is C20H17ClFNO3S. The monoisotopic (exact) mass is 405 g/mol. The zero-order chi connectivity index (χ0) is 19.4. The summed E-state index contributed by atoms with van der Waals surface area (Å²) >= 11 is 7.18. The largest absolute Gasteiger partial charge is 0.494 e. The lowest BCUT2D eigenvalue weighted by molar-refractivity contribution is -0.136. The molecule has 0 atom stereocenters. The first kappa shape index (κ1) is 19.3. The van der Waals surface area contributed by atoms with E-state index >= 15 is 0 Å². The van der Waals surface area contributed by atoms with Gasteiger partial charge in [-0.2, -0.15) is 0 Å². The summed E-state index contributed by atoms with van der Waals surface area (Å²) in [5.74, 6) is -0.655. The number of hydrogen-bond acceptors (Lipinski definition) is 4. The summed E-state index contributed by atoms with van der Waals surface area (Å²) in [6.45, 7) is 2.50. The molecule has 1 heterocycles. The zero-order valence-electron chi connectivity index (χ0n) is 14.5. The maximum Gasteiger partial charge on any atom is 0.303 e. The lowest BCUT2D eigenvalue weighted by Gasteiger charge is -2.03. The molecule has 1 N–H and O–H groups in total. The molecule has 7 heteroatoms. The van der Waals surface area contributed by atoms with Crippen LogP contribution in [0.15, 0.2) is 42.5 Å². The summed E-state index contributed by atoms with van der Waals surface area (Å²) in [6.07, 6.45) is 0.303. The number of aryl methyl sites for hydroxylation is 1. The molecule has 140 valence electrons. The first-order chi connectivity index (χ1) is 13.0. The molecule has 0 bridgehead atoms. The van der Waals surface area contributed by atoms with E-state index in [1.54, 1.807) is 6.07 Å². The van der Waals surface area contributed by atoms with Crippen molar-refractivity contribution in [3.8, 4) is 27.6 Å². The van der Waals surface area contributed by atoms with Crippen LogP contribution in [0.3, 0.4) is 0 Å². The van der Waals surface area contributed by atoms with Crippen LogP contribution >= 0.6 is 22.9 Å². The SMILES string of the molecule is CCOc1ccc(-c2nc(-c3ccc(Cl)c(F)c3)c(CCC(=O)O)s2)cc1. The van der Waals surface area contributed by atoms with Gasteiger partial charge < -0.3 is 9.84 Å². The third kappa shape index (κ3) is 4.64. The van der Waals surface area contributed by atoms with Crippen LogP contribution in [0.1, 0.15) is 18.2 Å². The molecule has 3 rings (SSSR count). The highest BCUT2D eigenvalue weighted by Gasteiger charge is 2.17. The molecule has 0 aliphatic carbocycles. The molecule has 0 aliphatic heterocycles. The van der Waals surface area contributed by atoms with Gasteiger partial charge in [-0.05, 0) is 49.7 Å². The minimum Gasteiger partial charge on any atom is -0.494 e. The highest BCUT2D eigenvalue weighted by atomic mass is 35.5. The van der Waals surface area contributed by atoms with Crippen molar-refractivity contribution in [1.29, 1.82) is 0 Å². The lowest BCUT2D eigenvalue weighted by Crippen LogP contribution is -1.97. The maximum absolute atomic E-state index is 13.9. The molecule has 0 radical (unpaired) electrons. The minimum absolute atomic E-state index is 0.0199. The summed E-state index contributed by atoms with van der Waals surface area (Å²) in [7, 11) is 0. The van der Waals surface area contributed by atoms with Crippen molar-refractivity contribution in [3.63, 3.8) is 0 Å². The highest BCUT2D eigenvalue weighted by molar-refractivity contribution is 7.15. The van der Waals surface area contributed by atoms with E-state index in [-0.39, 0.29) is 11.4 Å². The molecular weight excluding hydrogens is 389 g/mol. The molecule has 27 heavy (non-hydrogen) atoms. The van der Waals surface area contributed by atoms with Crippen molar-refractivity contribution in [3.05, 3.63) is 58.2 Å². The molecule has 2 aromatic carbocycles. The summed E-state index contributed by atoms with van der Waals surface area (Å²) in [5, 5.41) is 9.79. The van der Waals surface area contributed by atoms with Crippen LogP contribution in [0.2, 0.25) is 5.02 Å². The molecule has 0 unspecified atom stereocenters. The number of rotatable bonds is 7. The Morgan fingerprint density at radius 1 is 1.22 bits per heavy atom. The van der Waals surface area contributed by atoms with Gasteiger partial charge in [-0.15, -0.1) is 11.3 Å². The van der Waals surface area contributed by atoms with E-state index in [0.717, 1.165) is 21.2 Å². The molecule has 0 amide bonds. The van der Waals surface area contributed by atoms with Crippen molar-refractivity contribution in [2.45, 2.75) is 19.8 Å². The number of nitrogens with zero attached hydrogens (tertiary/aromatic N) is 1. The molecule has 0 aliphatic rings. The first-order valence-corrected chi connectivity index (χ1v) is 9.57. The van der Waals surface area contributed by atoms with E-state index in [0.29, 0.717) is 24.3 Å². The Bertz CT molecular complexity index is 956. The summed E-state index contributed by atoms with van der Waals surface area (Å²) in [4.78, 5) is 16.4. The second-order valence-corrected chi connectivity index (χ2v) is 7.26. The van der Waals surface area contributed by atoms with E-state index in [1.165, 1.54) is 23.5 Å². The lowest BCUT2D eigenvalue weighted by atomic mass is 10.1. The van der Waals surface area contributed by atoms with Crippen molar-refractivity contribution in [2.75, 3.05) is 6.61 Å². The molecule has 0 saturated carbocycles. The Labute approximate surface area is 165 Å². The van der Waals surface area contributed by atoms with Crippen LogP contribution in [-0.2, 0) is 11.2 Å². The van der Waals surface area contributed by atoms with Gasteiger partial charge in [0.1, 0.15) is 16.6 Å². The van der Waals surface area contributed by atoms with Crippen molar-refractivity contribution < 1.29 is 19.0 Å². The number of halogens is 2. The quantitative estimate of drug-likeness (QED) is 0.549. The number of hydrogen-bond donors (Lipinski definition) is 1. The number of thiazole rings is 1. The topological polar surface area (TPSA) is 59.4 Å². The fourth-order valence-corrected chi connectivity index (χ4v) is 3.80. The van der Waals surface area contributed by atoms with Gasteiger partial charge >= 0.3 is 5.97 Å². The number of ether oxygens (including phenoxy) is 1. The third-order valence-corrected chi connectivity index (χ3v) is 5.34. The zero-order valence-corrected chi connectivity index (χ0v) is 16.1. The number of carboxylic acids is 1. The smallest absolute Gasteiger partial charge is 0.303 e. The molecule has 0 fully saturated rings. The Hall–Kier alpha value is -2.44. The van der Waals surface area contributed by atoms with Gasteiger partial charge in [0, 0.05) is 16.0 Å². The molecule has 4 nitrogen and oxygen atoms in total. The van der Waals surface area contributed by atoms with E-state index in [9.17, 15) is 9.18 Å². The Balaban J connectivity index is 2.00. The van der Waals surface area contributed by atoms with Crippen molar-refractivity contribution in [1.82, 2.24) is 4.98 Å². The minimum atomic E-state index is -0.890. The second-order valence-electron chi connectivity index (χ2n) is 5.77. The van der Waals surface area contributed by atoms with Gasteiger partial charge in [0.15, 0.2) is 0 Å². The van der Waals surface area contributed by atoms with Gasteiger partial charge in [0.2, 0.25) is 0 Å². The Kier molecular flexibility index (Phi) is 6.08. The van der Waals surface area contributed by atoms with Crippen LogP contribution < -0.4 is 4.74 Å². The highest BCUT2D eigenvalue weighted by Crippen LogP contribution is 2.36. The van der Waals surface area contributed by atoms with E-state index < -0.39 is 11.8 Å². The molecule has 1 aromatic heterocycles. The summed E-state index contributed by atoms with van der Waals surface area (Å²) in [5.41, 5.74) is 2.05. The standard InChI is InChI=1S/C20H17ClFNO3S/c1-2-26-14-6-3-12(4-7-14)20-23-19(17(27-20)9-10-18(24)25)13-5-8-15(21)16(22)11-13/h3-8,11H,2,9-10H2,1H3,(H,24,25). The summed E-state index contributed by atoms with van der Waals surface area (Å²) in [6, 6.07) is 12.0. The van der Waals surface area contributed by atoms with Gasteiger partial charge in [0.25, 0.3) is 0 Å². The van der Waals surface area contributed by atoms with Gasteiger partial charge in [-0.3, -0.25) is 4.79 Å². The van der Waals surface area contributed by atoms with E-state index in [4.69, 9.17) is 21.4 Å². The average molecular weight is 406 g/mol. The molecule has 0 spiro atoms.